The van der Waals surface area contributed by atoms with E-state index in [-0.39, 0.29) is 29.4 Å². The second kappa shape index (κ2) is 8.31. The lowest BCUT2D eigenvalue weighted by Gasteiger charge is -2.15. The van der Waals surface area contributed by atoms with Crippen LogP contribution >= 0.6 is 11.8 Å². The summed E-state index contributed by atoms with van der Waals surface area (Å²) in [5.74, 6) is -0.788. The number of nitrogens with zero attached hydrogens (tertiary/aromatic N) is 1. The van der Waals surface area contributed by atoms with Gasteiger partial charge in [0.15, 0.2) is 0 Å². The highest BCUT2D eigenvalue weighted by Gasteiger charge is 2.39. The summed E-state index contributed by atoms with van der Waals surface area (Å²) in [6.45, 7) is 8.32. The maximum atomic E-state index is 13.2. The summed E-state index contributed by atoms with van der Waals surface area (Å²) in [5.41, 5.74) is 4.40. The number of hydrogen-bond donors (Lipinski definition) is 0. The third kappa shape index (κ3) is 4.20. The fourth-order valence-corrected chi connectivity index (χ4v) is 4.15. The van der Waals surface area contributed by atoms with E-state index >= 15 is 0 Å². The van der Waals surface area contributed by atoms with E-state index in [2.05, 4.69) is 0 Å². The number of carbonyl (C=O) groups excluding carboxylic acids is 2. The molecule has 0 saturated heterocycles. The molecule has 1 heterocycles. The molecule has 0 saturated carbocycles. The molecular formula is C23H24FNO2S. The minimum atomic E-state index is -0.300. The topological polar surface area (TPSA) is 37.4 Å². The van der Waals surface area contributed by atoms with Crippen LogP contribution in [-0.2, 0) is 16.0 Å². The van der Waals surface area contributed by atoms with Gasteiger partial charge in [-0.25, -0.2) is 4.39 Å². The van der Waals surface area contributed by atoms with Crippen LogP contribution in [-0.4, -0.2) is 28.5 Å². The van der Waals surface area contributed by atoms with Gasteiger partial charge in [-0.1, -0.05) is 44.2 Å². The van der Waals surface area contributed by atoms with Crippen molar-refractivity contribution in [1.82, 2.24) is 4.90 Å². The Hall–Kier alpha value is -2.40. The predicted molar refractivity (Wildman–Crippen MR) is 112 cm³/mol. The molecule has 0 fully saturated rings. The van der Waals surface area contributed by atoms with E-state index in [1.54, 1.807) is 12.1 Å². The Morgan fingerprint density at radius 1 is 0.964 bits per heavy atom. The number of halogens is 1. The normalized spacial score (nSPS) is 14.6. The Labute approximate surface area is 169 Å². The van der Waals surface area contributed by atoms with Crippen LogP contribution in [0.25, 0.3) is 5.57 Å². The molecule has 3 rings (SSSR count). The number of imide groups is 1. The first-order valence-electron chi connectivity index (χ1n) is 9.37. The van der Waals surface area contributed by atoms with Crippen LogP contribution in [0, 0.1) is 19.7 Å². The molecule has 0 N–H and O–H groups in total. The molecule has 0 radical (unpaired) electrons. The van der Waals surface area contributed by atoms with Crippen molar-refractivity contribution >= 4 is 29.1 Å². The molecule has 0 atom stereocenters. The third-order valence-corrected chi connectivity index (χ3v) is 5.90. The van der Waals surface area contributed by atoms with Crippen molar-refractivity contribution in [2.45, 2.75) is 39.4 Å². The summed E-state index contributed by atoms with van der Waals surface area (Å²) in [5, 5.41) is 0.186. The van der Waals surface area contributed by atoms with Gasteiger partial charge in [0.25, 0.3) is 11.8 Å². The second-order valence-electron chi connectivity index (χ2n) is 7.31. The van der Waals surface area contributed by atoms with E-state index in [1.807, 2.05) is 45.9 Å². The maximum absolute atomic E-state index is 13.2. The first-order valence-corrected chi connectivity index (χ1v) is 10.2. The standard InChI is InChI=1S/C23H24FNO2S/c1-14(2)28-21-20(18-8-5-15(3)16(4)13-18)22(26)25(23(21)27)12-11-17-6-9-19(24)10-7-17/h5-10,13-14H,11-12H2,1-4H3. The number of amides is 2. The van der Waals surface area contributed by atoms with Gasteiger partial charge >= 0.3 is 0 Å². The van der Waals surface area contributed by atoms with Crippen molar-refractivity contribution in [3.63, 3.8) is 0 Å². The average molecular weight is 398 g/mol. The number of benzene rings is 2. The Balaban J connectivity index is 1.90. The summed E-state index contributed by atoms with van der Waals surface area (Å²) in [6, 6.07) is 12.0. The molecule has 3 nitrogen and oxygen atoms in total. The molecule has 2 aromatic rings. The number of hydrogen-bond acceptors (Lipinski definition) is 3. The van der Waals surface area contributed by atoms with E-state index in [0.29, 0.717) is 16.9 Å². The van der Waals surface area contributed by atoms with Crippen LogP contribution < -0.4 is 0 Å². The summed E-state index contributed by atoms with van der Waals surface area (Å²) in [6.07, 6.45) is 0.498. The smallest absolute Gasteiger partial charge is 0.268 e. The van der Waals surface area contributed by atoms with E-state index in [4.69, 9.17) is 0 Å². The molecular weight excluding hydrogens is 373 g/mol. The fourth-order valence-electron chi connectivity index (χ4n) is 3.15. The zero-order chi connectivity index (χ0) is 20.4. The Morgan fingerprint density at radius 2 is 1.64 bits per heavy atom. The lowest BCUT2D eigenvalue weighted by molar-refractivity contribution is -0.136. The maximum Gasteiger partial charge on any atom is 0.268 e. The third-order valence-electron chi connectivity index (χ3n) is 4.81. The average Bonchev–Trinajstić information content (AvgIpc) is 2.87. The molecule has 0 aromatic heterocycles. The number of rotatable bonds is 6. The van der Waals surface area contributed by atoms with Gasteiger partial charge in [-0.2, -0.15) is 0 Å². The summed E-state index contributed by atoms with van der Waals surface area (Å²) >= 11 is 1.43. The molecule has 0 aliphatic carbocycles. The number of aryl methyl sites for hydroxylation is 2. The van der Waals surface area contributed by atoms with Gasteiger partial charge in [0.1, 0.15) is 5.82 Å². The van der Waals surface area contributed by atoms with Crippen LogP contribution in [0.1, 0.15) is 36.1 Å². The van der Waals surface area contributed by atoms with E-state index < -0.39 is 0 Å². The van der Waals surface area contributed by atoms with Gasteiger partial charge in [0.2, 0.25) is 0 Å². The van der Waals surface area contributed by atoms with Gasteiger partial charge < -0.3 is 0 Å². The molecule has 28 heavy (non-hydrogen) atoms. The Morgan fingerprint density at radius 3 is 2.25 bits per heavy atom. The van der Waals surface area contributed by atoms with Crippen LogP contribution in [0.3, 0.4) is 0 Å². The molecule has 5 heteroatoms. The fraction of sp³-hybridized carbons (Fsp3) is 0.304. The highest BCUT2D eigenvalue weighted by molar-refractivity contribution is 8.04. The summed E-state index contributed by atoms with van der Waals surface area (Å²) < 4.78 is 13.1. The minimum absolute atomic E-state index is 0.186. The lowest BCUT2D eigenvalue weighted by Crippen LogP contribution is -2.33. The van der Waals surface area contributed by atoms with Crippen molar-refractivity contribution in [2.24, 2.45) is 0 Å². The van der Waals surface area contributed by atoms with E-state index in [0.717, 1.165) is 22.3 Å². The van der Waals surface area contributed by atoms with Gasteiger partial charge in [-0.15, -0.1) is 11.8 Å². The molecule has 0 unspecified atom stereocenters. The monoisotopic (exact) mass is 397 g/mol. The van der Waals surface area contributed by atoms with Crippen molar-refractivity contribution in [2.75, 3.05) is 6.54 Å². The zero-order valence-electron chi connectivity index (χ0n) is 16.6. The number of thioether (sulfide) groups is 1. The lowest BCUT2D eigenvalue weighted by atomic mass is 10.0. The second-order valence-corrected chi connectivity index (χ2v) is 8.89. The molecule has 146 valence electrons. The molecule has 1 aliphatic heterocycles. The van der Waals surface area contributed by atoms with Gasteiger partial charge in [0.05, 0.1) is 10.5 Å². The molecule has 0 spiro atoms. The molecule has 2 amide bonds. The first kappa shape index (κ1) is 20.3. The molecule has 2 aromatic carbocycles. The highest BCUT2D eigenvalue weighted by Crippen LogP contribution is 2.38. The van der Waals surface area contributed by atoms with Crippen LogP contribution in [0.2, 0.25) is 0 Å². The predicted octanol–water partition coefficient (Wildman–Crippen LogP) is 4.91. The highest BCUT2D eigenvalue weighted by atomic mass is 32.2. The van der Waals surface area contributed by atoms with E-state index in [1.165, 1.54) is 28.8 Å². The largest absolute Gasteiger partial charge is 0.274 e. The minimum Gasteiger partial charge on any atom is -0.274 e. The Kier molecular flexibility index (Phi) is 6.04. The van der Waals surface area contributed by atoms with Crippen molar-refractivity contribution in [3.8, 4) is 0 Å². The van der Waals surface area contributed by atoms with Crippen LogP contribution in [0.5, 0.6) is 0 Å². The van der Waals surface area contributed by atoms with E-state index in [9.17, 15) is 14.0 Å². The van der Waals surface area contributed by atoms with Gasteiger partial charge in [-0.3, -0.25) is 14.5 Å². The van der Waals surface area contributed by atoms with Gasteiger partial charge in [-0.05, 0) is 54.7 Å². The molecule has 0 bridgehead atoms. The summed E-state index contributed by atoms with van der Waals surface area (Å²) in [4.78, 5) is 28.0. The SMILES string of the molecule is Cc1ccc(C2=C(SC(C)C)C(=O)N(CCc3ccc(F)cc3)C2=O)cc1C. The Bertz CT molecular complexity index is 948. The van der Waals surface area contributed by atoms with Crippen LogP contribution in [0.15, 0.2) is 47.4 Å². The van der Waals surface area contributed by atoms with Crippen molar-refractivity contribution in [1.29, 1.82) is 0 Å². The van der Waals surface area contributed by atoms with Crippen molar-refractivity contribution in [3.05, 3.63) is 75.4 Å². The first-order chi connectivity index (χ1) is 13.3. The summed E-state index contributed by atoms with van der Waals surface area (Å²) in [7, 11) is 0. The number of carbonyl (C=O) groups is 2. The zero-order valence-corrected chi connectivity index (χ0v) is 17.4. The van der Waals surface area contributed by atoms with Gasteiger partial charge in [0, 0.05) is 11.8 Å². The van der Waals surface area contributed by atoms with Crippen molar-refractivity contribution < 1.29 is 14.0 Å². The molecule has 1 aliphatic rings. The quantitative estimate of drug-likeness (QED) is 0.650. The van der Waals surface area contributed by atoms with Crippen LogP contribution in [0.4, 0.5) is 4.39 Å².